The van der Waals surface area contributed by atoms with Gasteiger partial charge in [-0.15, -0.1) is 0 Å². The number of hydrogen-bond donors (Lipinski definition) is 1. The summed E-state index contributed by atoms with van der Waals surface area (Å²) in [5.74, 6) is -0.270. The van der Waals surface area contributed by atoms with Crippen molar-refractivity contribution in [2.24, 2.45) is 0 Å². The van der Waals surface area contributed by atoms with Crippen LogP contribution < -0.4 is 5.32 Å². The molecular weight excluding hydrogens is 458 g/mol. The minimum Gasteiger partial charge on any atom is -0.465 e. The Morgan fingerprint density at radius 2 is 1.75 bits per heavy atom. The van der Waals surface area contributed by atoms with Crippen LogP contribution in [0.5, 0.6) is 0 Å². The summed E-state index contributed by atoms with van der Waals surface area (Å²) in [5.41, 5.74) is 5.85. The summed E-state index contributed by atoms with van der Waals surface area (Å²) in [6, 6.07) is 12.1. The number of methoxy groups -OCH3 is 2. The molecule has 0 saturated heterocycles. The number of fused-ring (bicyclic) bond motifs is 3. The largest absolute Gasteiger partial charge is 0.465 e. The molecule has 1 amide bonds. The monoisotopic (exact) mass is 495 g/mol. The van der Waals surface area contributed by atoms with Crippen molar-refractivity contribution in [1.29, 1.82) is 0 Å². The van der Waals surface area contributed by atoms with Crippen molar-refractivity contribution in [1.82, 2.24) is 5.32 Å². The Balaban J connectivity index is 1.83. The first-order valence-electron chi connectivity index (χ1n) is 12.7. The van der Waals surface area contributed by atoms with Gasteiger partial charge in [-0.2, -0.15) is 0 Å². The number of nitrogens with one attached hydrogen (secondary N) is 1. The lowest BCUT2D eigenvalue weighted by Gasteiger charge is -2.15. The van der Waals surface area contributed by atoms with Crippen molar-refractivity contribution in [2.45, 2.75) is 51.4 Å². The summed E-state index contributed by atoms with van der Waals surface area (Å²) in [7, 11) is 3.24. The zero-order valence-corrected chi connectivity index (χ0v) is 21.6. The van der Waals surface area contributed by atoms with Crippen LogP contribution in [0.25, 0.3) is 11.1 Å². The third-order valence-electron chi connectivity index (χ3n) is 6.48. The fraction of sp³-hybridized carbons (Fsp3) is 0.483. The van der Waals surface area contributed by atoms with E-state index in [4.69, 9.17) is 14.2 Å². The van der Waals surface area contributed by atoms with E-state index in [1.165, 1.54) is 0 Å². The zero-order valence-electron chi connectivity index (χ0n) is 21.6. The Hall–Kier alpha value is -3.03. The van der Waals surface area contributed by atoms with E-state index in [-0.39, 0.29) is 30.2 Å². The third-order valence-corrected chi connectivity index (χ3v) is 6.48. The van der Waals surface area contributed by atoms with E-state index in [0.29, 0.717) is 51.0 Å². The normalized spacial score (nSPS) is 13.7. The number of ether oxygens (including phenoxy) is 3. The maximum atomic E-state index is 13.1. The zero-order chi connectivity index (χ0) is 25.9. The molecule has 1 aliphatic rings. The average Bonchev–Trinajstić information content (AvgIpc) is 3.20. The number of esters is 1. The molecule has 7 heteroatoms. The lowest BCUT2D eigenvalue weighted by molar-refractivity contribution is -0.143. The maximum absolute atomic E-state index is 13.1. The SMILES string of the molecule is CCC(=O)OCC1c2cc(CCCC(=O)NCCOC)ccc2-c2c(C(=O)CCCOC)cccc21. The topological polar surface area (TPSA) is 90.9 Å². The second-order valence-corrected chi connectivity index (χ2v) is 9.00. The van der Waals surface area contributed by atoms with Gasteiger partial charge in [0.15, 0.2) is 5.78 Å². The summed E-state index contributed by atoms with van der Waals surface area (Å²) in [6.07, 6.45) is 3.32. The van der Waals surface area contributed by atoms with E-state index < -0.39 is 0 Å². The van der Waals surface area contributed by atoms with Gasteiger partial charge in [0.1, 0.15) is 6.61 Å². The van der Waals surface area contributed by atoms with Crippen LogP contribution in [0.15, 0.2) is 36.4 Å². The second-order valence-electron chi connectivity index (χ2n) is 9.00. The van der Waals surface area contributed by atoms with E-state index in [1.54, 1.807) is 21.1 Å². The van der Waals surface area contributed by atoms with Gasteiger partial charge in [0.25, 0.3) is 0 Å². The lowest BCUT2D eigenvalue weighted by Crippen LogP contribution is -2.26. The molecule has 1 atom stereocenters. The number of carbonyl (C=O) groups excluding carboxylic acids is 3. The van der Waals surface area contributed by atoms with Crippen molar-refractivity contribution >= 4 is 17.7 Å². The van der Waals surface area contributed by atoms with Gasteiger partial charge in [-0.25, -0.2) is 0 Å². The first kappa shape index (κ1) is 27.6. The van der Waals surface area contributed by atoms with Gasteiger partial charge in [-0.1, -0.05) is 43.3 Å². The molecule has 0 radical (unpaired) electrons. The highest BCUT2D eigenvalue weighted by atomic mass is 16.5. The third kappa shape index (κ3) is 7.02. The van der Waals surface area contributed by atoms with Crippen molar-refractivity contribution in [3.63, 3.8) is 0 Å². The van der Waals surface area contributed by atoms with Gasteiger partial charge < -0.3 is 19.5 Å². The van der Waals surface area contributed by atoms with Crippen LogP contribution in [0.1, 0.15) is 72.0 Å². The standard InChI is InChI=1S/C29H37NO6/c1-4-28(33)36-19-25-21-9-6-10-23(26(31)11-7-16-34-2)29(21)22-14-13-20(18-24(22)25)8-5-12-27(32)30-15-17-35-3/h6,9-10,13-14,18,25H,4-5,7-8,11-12,15-17,19H2,1-3H3,(H,30,32). The Kier molecular flexibility index (Phi) is 10.6. The Morgan fingerprint density at radius 1 is 0.944 bits per heavy atom. The molecule has 194 valence electrons. The number of benzene rings is 2. The smallest absolute Gasteiger partial charge is 0.305 e. The Bertz CT molecular complexity index is 1060. The summed E-state index contributed by atoms with van der Waals surface area (Å²) < 4.78 is 15.6. The molecule has 1 unspecified atom stereocenters. The quantitative estimate of drug-likeness (QED) is 0.223. The number of aryl methyl sites for hydroxylation is 1. The lowest BCUT2D eigenvalue weighted by atomic mass is 9.93. The van der Waals surface area contributed by atoms with Crippen LogP contribution in [0.2, 0.25) is 0 Å². The van der Waals surface area contributed by atoms with Crippen molar-refractivity contribution in [3.8, 4) is 11.1 Å². The first-order valence-corrected chi connectivity index (χ1v) is 12.7. The minimum absolute atomic E-state index is 0.0154. The van der Waals surface area contributed by atoms with Crippen LogP contribution in [-0.4, -0.2) is 58.2 Å². The van der Waals surface area contributed by atoms with Crippen LogP contribution in [0.4, 0.5) is 0 Å². The molecule has 1 aliphatic carbocycles. The van der Waals surface area contributed by atoms with Crippen molar-refractivity contribution < 1.29 is 28.6 Å². The van der Waals surface area contributed by atoms with E-state index in [0.717, 1.165) is 40.7 Å². The molecule has 0 bridgehead atoms. The van der Waals surface area contributed by atoms with Crippen LogP contribution in [0.3, 0.4) is 0 Å². The van der Waals surface area contributed by atoms with Gasteiger partial charge in [0.05, 0.1) is 6.61 Å². The highest BCUT2D eigenvalue weighted by Crippen LogP contribution is 2.47. The summed E-state index contributed by atoms with van der Waals surface area (Å²) in [5, 5.41) is 2.85. The highest BCUT2D eigenvalue weighted by molar-refractivity contribution is 6.04. The summed E-state index contributed by atoms with van der Waals surface area (Å²) in [6.45, 7) is 3.56. The number of amides is 1. The molecule has 2 aromatic rings. The molecule has 36 heavy (non-hydrogen) atoms. The average molecular weight is 496 g/mol. The fourth-order valence-electron chi connectivity index (χ4n) is 4.65. The first-order chi connectivity index (χ1) is 17.5. The van der Waals surface area contributed by atoms with E-state index in [9.17, 15) is 14.4 Å². The Morgan fingerprint density at radius 3 is 2.50 bits per heavy atom. The molecule has 0 spiro atoms. The highest BCUT2D eigenvalue weighted by Gasteiger charge is 2.32. The van der Waals surface area contributed by atoms with Gasteiger partial charge in [0, 0.05) is 58.1 Å². The molecule has 2 aromatic carbocycles. The summed E-state index contributed by atoms with van der Waals surface area (Å²) in [4.78, 5) is 37.0. The molecule has 0 aromatic heterocycles. The number of ketones is 1. The van der Waals surface area contributed by atoms with E-state index >= 15 is 0 Å². The fourth-order valence-corrected chi connectivity index (χ4v) is 4.65. The van der Waals surface area contributed by atoms with Gasteiger partial charge in [-0.05, 0) is 47.1 Å². The molecule has 0 heterocycles. The molecule has 7 nitrogen and oxygen atoms in total. The number of Topliss-reactive ketones (excluding diaryl/α,β-unsaturated/α-hetero) is 1. The minimum atomic E-state index is -0.243. The number of rotatable bonds is 15. The van der Waals surface area contributed by atoms with Crippen LogP contribution >= 0.6 is 0 Å². The van der Waals surface area contributed by atoms with Gasteiger partial charge in [-0.3, -0.25) is 14.4 Å². The van der Waals surface area contributed by atoms with Gasteiger partial charge >= 0.3 is 5.97 Å². The van der Waals surface area contributed by atoms with E-state index in [1.807, 2.05) is 18.2 Å². The number of hydrogen-bond acceptors (Lipinski definition) is 6. The van der Waals surface area contributed by atoms with Crippen LogP contribution in [0, 0.1) is 0 Å². The second kappa shape index (κ2) is 13.9. The molecule has 1 N–H and O–H groups in total. The molecule has 0 fully saturated rings. The number of carbonyl (C=O) groups is 3. The van der Waals surface area contributed by atoms with Gasteiger partial charge in [0.2, 0.25) is 5.91 Å². The predicted molar refractivity (Wildman–Crippen MR) is 138 cm³/mol. The van der Waals surface area contributed by atoms with Crippen molar-refractivity contribution in [3.05, 3.63) is 58.7 Å². The summed E-state index contributed by atoms with van der Waals surface area (Å²) >= 11 is 0. The molecule has 3 rings (SSSR count). The van der Waals surface area contributed by atoms with E-state index in [2.05, 4.69) is 23.5 Å². The predicted octanol–water partition coefficient (Wildman–Crippen LogP) is 4.45. The van der Waals surface area contributed by atoms with Crippen LogP contribution in [-0.2, 0) is 30.2 Å². The molecule has 0 aliphatic heterocycles. The van der Waals surface area contributed by atoms with Crippen molar-refractivity contribution in [2.75, 3.05) is 40.6 Å². The molecule has 0 saturated carbocycles. The maximum Gasteiger partial charge on any atom is 0.305 e. The Labute approximate surface area is 213 Å². The molecular formula is C29H37NO6.